The summed E-state index contributed by atoms with van der Waals surface area (Å²) in [5.74, 6) is -1.62. The highest BCUT2D eigenvalue weighted by molar-refractivity contribution is 7.89. The molecular weight excluding hydrogens is 328 g/mol. The Morgan fingerprint density at radius 2 is 2.08 bits per heavy atom. The van der Waals surface area contributed by atoms with Gasteiger partial charge in [-0.05, 0) is 50.5 Å². The Labute approximate surface area is 141 Å². The van der Waals surface area contributed by atoms with Crippen LogP contribution in [-0.4, -0.2) is 41.4 Å². The average Bonchev–Trinajstić information content (AvgIpc) is 2.55. The number of aryl methyl sites for hydroxylation is 1. The number of carboxylic acids is 1. The number of pyridine rings is 1. The van der Waals surface area contributed by atoms with Crippen molar-refractivity contribution in [1.82, 2.24) is 9.29 Å². The Balaban J connectivity index is 2.12. The molecule has 1 aliphatic heterocycles. The molecule has 0 aliphatic carbocycles. The molecule has 0 saturated carbocycles. The normalized spacial score (nSPS) is 22.6. The van der Waals surface area contributed by atoms with Crippen LogP contribution < -0.4 is 0 Å². The number of nitrogens with zero attached hydrogens (tertiary/aromatic N) is 2. The Morgan fingerprint density at radius 1 is 1.33 bits per heavy atom. The first kappa shape index (κ1) is 16.9. The standard InChI is InChI=1S/C17H20N2O4S/c1-11-7-8-15(14-5-3-9-18-16(11)14)24(22,23)19-10-4-6-13(12(19)2)17(20)21/h3,5,7-9,12-13H,4,6,10H2,1-2H3,(H,20,21)/t12-,13-/m1/s1. The molecule has 7 heteroatoms. The van der Waals surface area contributed by atoms with E-state index < -0.39 is 28.0 Å². The molecule has 2 aromatic rings. The van der Waals surface area contributed by atoms with E-state index in [9.17, 15) is 18.3 Å². The largest absolute Gasteiger partial charge is 0.481 e. The van der Waals surface area contributed by atoms with Crippen molar-refractivity contribution < 1.29 is 18.3 Å². The third-order valence-corrected chi connectivity index (χ3v) is 6.81. The topological polar surface area (TPSA) is 87.6 Å². The molecule has 0 unspecified atom stereocenters. The molecule has 1 fully saturated rings. The van der Waals surface area contributed by atoms with E-state index in [0.29, 0.717) is 30.3 Å². The first-order chi connectivity index (χ1) is 11.3. The second kappa shape index (κ2) is 6.14. The molecule has 2 atom stereocenters. The fraction of sp³-hybridized carbons (Fsp3) is 0.412. The number of aromatic nitrogens is 1. The van der Waals surface area contributed by atoms with Gasteiger partial charge in [-0.25, -0.2) is 8.42 Å². The maximum atomic E-state index is 13.2. The lowest BCUT2D eigenvalue weighted by atomic mass is 9.92. The van der Waals surface area contributed by atoms with Crippen LogP contribution in [0.5, 0.6) is 0 Å². The fourth-order valence-electron chi connectivity index (χ4n) is 3.42. The van der Waals surface area contributed by atoms with Gasteiger partial charge in [-0.15, -0.1) is 0 Å². The first-order valence-corrected chi connectivity index (χ1v) is 9.37. The van der Waals surface area contributed by atoms with Crippen LogP contribution in [0, 0.1) is 12.8 Å². The van der Waals surface area contributed by atoms with E-state index in [1.165, 1.54) is 4.31 Å². The smallest absolute Gasteiger partial charge is 0.308 e. The van der Waals surface area contributed by atoms with Crippen molar-refractivity contribution in [1.29, 1.82) is 0 Å². The quantitative estimate of drug-likeness (QED) is 0.920. The summed E-state index contributed by atoms with van der Waals surface area (Å²) in [6.07, 6.45) is 2.68. The number of hydrogen-bond acceptors (Lipinski definition) is 4. The van der Waals surface area contributed by atoms with Crippen LogP contribution in [0.15, 0.2) is 35.4 Å². The number of aliphatic carboxylic acids is 1. The number of sulfonamides is 1. The van der Waals surface area contributed by atoms with E-state index in [-0.39, 0.29) is 4.90 Å². The summed E-state index contributed by atoms with van der Waals surface area (Å²) in [6, 6.07) is 6.21. The molecule has 24 heavy (non-hydrogen) atoms. The van der Waals surface area contributed by atoms with E-state index in [4.69, 9.17) is 0 Å². The Morgan fingerprint density at radius 3 is 2.79 bits per heavy atom. The van der Waals surface area contributed by atoms with E-state index in [2.05, 4.69) is 4.98 Å². The second-order valence-corrected chi connectivity index (χ2v) is 8.08. The van der Waals surface area contributed by atoms with Crippen LogP contribution >= 0.6 is 0 Å². The van der Waals surface area contributed by atoms with Gasteiger partial charge in [0.05, 0.1) is 16.3 Å². The minimum atomic E-state index is -3.79. The number of benzene rings is 1. The summed E-state index contributed by atoms with van der Waals surface area (Å²) in [6.45, 7) is 3.89. The van der Waals surface area contributed by atoms with Gasteiger partial charge in [0.15, 0.2) is 0 Å². The van der Waals surface area contributed by atoms with Crippen LogP contribution in [0.25, 0.3) is 10.9 Å². The van der Waals surface area contributed by atoms with E-state index in [1.807, 2.05) is 6.92 Å². The molecule has 128 valence electrons. The summed E-state index contributed by atoms with van der Waals surface area (Å²) in [7, 11) is -3.79. The highest BCUT2D eigenvalue weighted by atomic mass is 32.2. The molecule has 1 aromatic heterocycles. The van der Waals surface area contributed by atoms with Gasteiger partial charge in [-0.3, -0.25) is 9.78 Å². The van der Waals surface area contributed by atoms with Crippen molar-refractivity contribution in [2.24, 2.45) is 5.92 Å². The predicted octanol–water partition coefficient (Wildman–Crippen LogP) is 2.42. The predicted molar refractivity (Wildman–Crippen MR) is 90.2 cm³/mol. The zero-order chi connectivity index (χ0) is 17.5. The summed E-state index contributed by atoms with van der Waals surface area (Å²) in [5, 5.41) is 9.91. The molecule has 0 bridgehead atoms. The molecule has 1 aromatic carbocycles. The lowest BCUT2D eigenvalue weighted by Gasteiger charge is -2.36. The Bertz CT molecular complexity index is 895. The number of rotatable bonds is 3. The number of fused-ring (bicyclic) bond motifs is 1. The molecule has 1 aliphatic rings. The van der Waals surface area contributed by atoms with Crippen LogP contribution in [0.1, 0.15) is 25.3 Å². The Kier molecular flexibility index (Phi) is 4.31. The third-order valence-electron chi connectivity index (χ3n) is 4.77. The minimum Gasteiger partial charge on any atom is -0.481 e. The number of carbonyl (C=O) groups is 1. The summed E-state index contributed by atoms with van der Waals surface area (Å²) >= 11 is 0. The molecule has 0 spiro atoms. The van der Waals surface area contributed by atoms with Gasteiger partial charge in [0.1, 0.15) is 0 Å². The van der Waals surface area contributed by atoms with Crippen LogP contribution in [0.3, 0.4) is 0 Å². The molecule has 2 heterocycles. The lowest BCUT2D eigenvalue weighted by Crippen LogP contribution is -2.49. The number of piperidine rings is 1. The number of carboxylic acid groups (broad SMARTS) is 1. The highest BCUT2D eigenvalue weighted by Gasteiger charge is 2.40. The van der Waals surface area contributed by atoms with Crippen molar-refractivity contribution in [3.63, 3.8) is 0 Å². The molecule has 0 radical (unpaired) electrons. The van der Waals surface area contributed by atoms with E-state index in [0.717, 1.165) is 5.56 Å². The zero-order valence-corrected chi connectivity index (χ0v) is 14.5. The highest BCUT2D eigenvalue weighted by Crippen LogP contribution is 2.32. The van der Waals surface area contributed by atoms with Crippen molar-refractivity contribution in [3.05, 3.63) is 36.0 Å². The maximum Gasteiger partial charge on any atom is 0.308 e. The lowest BCUT2D eigenvalue weighted by molar-refractivity contribution is -0.144. The van der Waals surface area contributed by atoms with Gasteiger partial charge < -0.3 is 5.11 Å². The van der Waals surface area contributed by atoms with Gasteiger partial charge in [0.2, 0.25) is 10.0 Å². The van der Waals surface area contributed by atoms with Crippen LogP contribution in [0.2, 0.25) is 0 Å². The summed E-state index contributed by atoms with van der Waals surface area (Å²) < 4.78 is 27.7. The third kappa shape index (κ3) is 2.67. The van der Waals surface area contributed by atoms with Gasteiger partial charge in [-0.1, -0.05) is 6.07 Å². The van der Waals surface area contributed by atoms with Gasteiger partial charge >= 0.3 is 5.97 Å². The van der Waals surface area contributed by atoms with Crippen LogP contribution in [0.4, 0.5) is 0 Å². The molecule has 1 saturated heterocycles. The van der Waals surface area contributed by atoms with Gasteiger partial charge in [0, 0.05) is 24.2 Å². The molecule has 1 N–H and O–H groups in total. The molecule has 0 amide bonds. The first-order valence-electron chi connectivity index (χ1n) is 7.93. The van der Waals surface area contributed by atoms with Crippen molar-refractivity contribution in [2.75, 3.05) is 6.54 Å². The second-order valence-electron chi connectivity index (χ2n) is 6.22. The average molecular weight is 348 g/mol. The summed E-state index contributed by atoms with van der Waals surface area (Å²) in [4.78, 5) is 15.9. The van der Waals surface area contributed by atoms with Gasteiger partial charge in [0.25, 0.3) is 0 Å². The molecule has 6 nitrogen and oxygen atoms in total. The molecule has 3 rings (SSSR count). The summed E-state index contributed by atoms with van der Waals surface area (Å²) in [5.41, 5.74) is 1.55. The monoisotopic (exact) mass is 348 g/mol. The maximum absolute atomic E-state index is 13.2. The van der Waals surface area contributed by atoms with E-state index >= 15 is 0 Å². The van der Waals surface area contributed by atoms with Crippen molar-refractivity contribution in [2.45, 2.75) is 37.6 Å². The Hall–Kier alpha value is -1.99. The van der Waals surface area contributed by atoms with Crippen molar-refractivity contribution >= 4 is 26.9 Å². The molecular formula is C17H20N2O4S. The number of hydrogen-bond donors (Lipinski definition) is 1. The van der Waals surface area contributed by atoms with Gasteiger partial charge in [-0.2, -0.15) is 4.31 Å². The van der Waals surface area contributed by atoms with Crippen molar-refractivity contribution in [3.8, 4) is 0 Å². The zero-order valence-electron chi connectivity index (χ0n) is 13.6. The van der Waals surface area contributed by atoms with E-state index in [1.54, 1.807) is 37.4 Å². The minimum absolute atomic E-state index is 0.189. The van der Waals surface area contributed by atoms with Crippen LogP contribution in [-0.2, 0) is 14.8 Å². The SMILES string of the molecule is Cc1ccc(S(=O)(=O)N2CCC[C@@H](C(=O)O)[C@H]2C)c2cccnc12. The fourth-order valence-corrected chi connectivity index (χ4v) is 5.31.